The minimum atomic E-state index is 0.271. The number of unbranched alkanes of at least 4 members (excludes halogenated alkanes) is 2. The number of aryl methyl sites for hydroxylation is 1. The van der Waals surface area contributed by atoms with E-state index in [1.54, 1.807) is 11.3 Å². The Bertz CT molecular complexity index is 486. The van der Waals surface area contributed by atoms with E-state index in [9.17, 15) is 4.79 Å². The summed E-state index contributed by atoms with van der Waals surface area (Å²) >= 11 is 1.74. The molecule has 6 heteroatoms. The van der Waals surface area contributed by atoms with Crippen LogP contribution in [-0.2, 0) is 16.1 Å². The molecule has 0 bridgehead atoms. The van der Waals surface area contributed by atoms with E-state index in [1.807, 2.05) is 4.90 Å². The van der Waals surface area contributed by atoms with E-state index in [0.717, 1.165) is 65.2 Å². The van der Waals surface area contributed by atoms with Crippen molar-refractivity contribution in [3.05, 3.63) is 21.9 Å². The Balaban J connectivity index is 1.87. The molecule has 1 fully saturated rings. The molecule has 1 aliphatic heterocycles. The third-order valence-corrected chi connectivity index (χ3v) is 5.55. The van der Waals surface area contributed by atoms with Crippen molar-refractivity contribution in [2.75, 3.05) is 45.9 Å². The van der Waals surface area contributed by atoms with E-state index >= 15 is 0 Å². The summed E-state index contributed by atoms with van der Waals surface area (Å²) in [6, 6.07) is 2.13. The van der Waals surface area contributed by atoms with Crippen molar-refractivity contribution in [2.45, 2.75) is 39.2 Å². The van der Waals surface area contributed by atoms with Crippen molar-refractivity contribution < 1.29 is 9.53 Å². The van der Waals surface area contributed by atoms with Gasteiger partial charge in [-0.2, -0.15) is 0 Å². The fraction of sp³-hybridized carbons (Fsp3) is 0.722. The lowest BCUT2D eigenvalue weighted by Crippen LogP contribution is -2.42. The molecule has 1 aromatic rings. The van der Waals surface area contributed by atoms with Gasteiger partial charge in [0.25, 0.3) is 0 Å². The Kier molecular flexibility index (Phi) is 8.74. The summed E-state index contributed by atoms with van der Waals surface area (Å²) in [5, 5.41) is 2.11. The molecule has 2 N–H and O–H groups in total. The summed E-state index contributed by atoms with van der Waals surface area (Å²) in [6.07, 6.45) is 3.61. The summed E-state index contributed by atoms with van der Waals surface area (Å²) in [5.41, 5.74) is 6.82. The zero-order valence-electron chi connectivity index (χ0n) is 14.8. The average Bonchev–Trinajstić information content (AvgIpc) is 3.01. The number of carbonyl (C=O) groups excluding carboxylic acids is 1. The van der Waals surface area contributed by atoms with E-state index < -0.39 is 0 Å². The molecule has 0 aliphatic carbocycles. The maximum Gasteiger partial charge on any atom is 0.222 e. The summed E-state index contributed by atoms with van der Waals surface area (Å²) in [6.45, 7) is 8.85. The summed E-state index contributed by atoms with van der Waals surface area (Å²) in [7, 11) is 0. The van der Waals surface area contributed by atoms with Gasteiger partial charge in [0.2, 0.25) is 5.91 Å². The van der Waals surface area contributed by atoms with E-state index in [-0.39, 0.29) is 5.91 Å². The number of nitrogens with zero attached hydrogens (tertiary/aromatic N) is 2. The zero-order chi connectivity index (χ0) is 17.2. The van der Waals surface area contributed by atoms with Gasteiger partial charge in [0.05, 0.1) is 19.8 Å². The molecule has 0 spiro atoms. The maximum absolute atomic E-state index is 12.7. The first-order valence-corrected chi connectivity index (χ1v) is 9.89. The Hall–Kier alpha value is -0.950. The van der Waals surface area contributed by atoms with E-state index in [2.05, 4.69) is 23.3 Å². The molecule has 0 aromatic carbocycles. The number of nitrogens with two attached hydrogens (primary N) is 1. The van der Waals surface area contributed by atoms with Gasteiger partial charge in [-0.05, 0) is 43.3 Å². The highest BCUT2D eigenvalue weighted by Gasteiger charge is 2.18. The molecule has 1 aromatic heterocycles. The Morgan fingerprint density at radius 2 is 2.12 bits per heavy atom. The molecular formula is C18H31N3O2S. The predicted octanol–water partition coefficient (Wildman–Crippen LogP) is 2.24. The number of thiophene rings is 1. The fourth-order valence-corrected chi connectivity index (χ4v) is 3.79. The van der Waals surface area contributed by atoms with Crippen molar-refractivity contribution in [3.63, 3.8) is 0 Å². The molecular weight excluding hydrogens is 322 g/mol. The smallest absolute Gasteiger partial charge is 0.222 e. The monoisotopic (exact) mass is 353 g/mol. The summed E-state index contributed by atoms with van der Waals surface area (Å²) in [5.74, 6) is 0.271. The van der Waals surface area contributed by atoms with Crippen molar-refractivity contribution in [2.24, 2.45) is 5.73 Å². The van der Waals surface area contributed by atoms with Crippen LogP contribution in [0.3, 0.4) is 0 Å². The van der Waals surface area contributed by atoms with Crippen LogP contribution in [0.15, 0.2) is 11.4 Å². The van der Waals surface area contributed by atoms with Gasteiger partial charge in [-0.1, -0.05) is 6.42 Å². The first-order chi connectivity index (χ1) is 11.7. The molecule has 5 nitrogen and oxygen atoms in total. The summed E-state index contributed by atoms with van der Waals surface area (Å²) < 4.78 is 5.40. The first-order valence-electron chi connectivity index (χ1n) is 9.01. The van der Waals surface area contributed by atoms with Crippen molar-refractivity contribution in [3.8, 4) is 0 Å². The van der Waals surface area contributed by atoms with Gasteiger partial charge in [0.15, 0.2) is 0 Å². The van der Waals surface area contributed by atoms with E-state index in [0.29, 0.717) is 13.0 Å². The Morgan fingerprint density at radius 1 is 1.33 bits per heavy atom. The molecule has 1 amide bonds. The normalized spacial score (nSPS) is 15.6. The molecule has 136 valence electrons. The first kappa shape index (κ1) is 19.4. The number of hydrogen-bond donors (Lipinski definition) is 1. The molecule has 24 heavy (non-hydrogen) atoms. The van der Waals surface area contributed by atoms with Crippen LogP contribution in [0, 0.1) is 6.92 Å². The van der Waals surface area contributed by atoms with Gasteiger partial charge in [0.1, 0.15) is 0 Å². The SMILES string of the molecule is Cc1ccsc1CN(CCN1CCOCC1)C(=O)CCCCCN. The topological polar surface area (TPSA) is 58.8 Å². The standard InChI is InChI=1S/C18H31N3O2S/c1-16-6-14-24-17(16)15-21(18(22)5-3-2-4-7-19)9-8-20-10-12-23-13-11-20/h6,14H,2-5,7-13,15,19H2,1H3. The lowest BCUT2D eigenvalue weighted by Gasteiger charge is -2.30. The number of carbonyl (C=O) groups is 1. The van der Waals surface area contributed by atoms with Crippen molar-refractivity contribution in [1.82, 2.24) is 9.80 Å². The minimum Gasteiger partial charge on any atom is -0.379 e. The highest BCUT2D eigenvalue weighted by Crippen LogP contribution is 2.19. The van der Waals surface area contributed by atoms with Crippen LogP contribution in [-0.4, -0.2) is 61.6 Å². The summed E-state index contributed by atoms with van der Waals surface area (Å²) in [4.78, 5) is 18.4. The van der Waals surface area contributed by atoms with Gasteiger partial charge >= 0.3 is 0 Å². The predicted molar refractivity (Wildman–Crippen MR) is 99.3 cm³/mol. The van der Waals surface area contributed by atoms with Crippen LogP contribution in [0.5, 0.6) is 0 Å². The van der Waals surface area contributed by atoms with E-state index in [1.165, 1.54) is 10.4 Å². The van der Waals surface area contributed by atoms with Crippen LogP contribution < -0.4 is 5.73 Å². The number of morpholine rings is 1. The van der Waals surface area contributed by atoms with Crippen LogP contribution in [0.1, 0.15) is 36.1 Å². The van der Waals surface area contributed by atoms with Gasteiger partial charge in [-0.15, -0.1) is 11.3 Å². The number of hydrogen-bond acceptors (Lipinski definition) is 5. The molecule has 0 atom stereocenters. The number of amides is 1. The molecule has 0 unspecified atom stereocenters. The highest BCUT2D eigenvalue weighted by molar-refractivity contribution is 7.10. The Labute approximate surface area is 149 Å². The third kappa shape index (κ3) is 6.51. The lowest BCUT2D eigenvalue weighted by molar-refractivity contribution is -0.132. The van der Waals surface area contributed by atoms with Gasteiger partial charge in [-0.3, -0.25) is 9.69 Å². The average molecular weight is 354 g/mol. The second kappa shape index (κ2) is 10.8. The van der Waals surface area contributed by atoms with Crippen LogP contribution in [0.25, 0.3) is 0 Å². The second-order valence-electron chi connectivity index (χ2n) is 6.40. The lowest BCUT2D eigenvalue weighted by atomic mass is 10.1. The van der Waals surface area contributed by atoms with Crippen molar-refractivity contribution >= 4 is 17.2 Å². The Morgan fingerprint density at radius 3 is 2.79 bits per heavy atom. The minimum absolute atomic E-state index is 0.271. The van der Waals surface area contributed by atoms with Gasteiger partial charge in [0, 0.05) is 37.5 Å². The van der Waals surface area contributed by atoms with Crippen molar-refractivity contribution in [1.29, 1.82) is 0 Å². The van der Waals surface area contributed by atoms with Crippen LogP contribution in [0.2, 0.25) is 0 Å². The highest BCUT2D eigenvalue weighted by atomic mass is 32.1. The molecule has 0 saturated carbocycles. The maximum atomic E-state index is 12.7. The quantitative estimate of drug-likeness (QED) is 0.656. The number of ether oxygens (including phenoxy) is 1. The molecule has 0 radical (unpaired) electrons. The molecule has 2 rings (SSSR count). The molecule has 1 aliphatic rings. The molecule has 2 heterocycles. The fourth-order valence-electron chi connectivity index (χ4n) is 2.87. The number of rotatable bonds is 10. The zero-order valence-corrected chi connectivity index (χ0v) is 15.7. The van der Waals surface area contributed by atoms with Gasteiger partial charge < -0.3 is 15.4 Å². The van der Waals surface area contributed by atoms with Crippen LogP contribution >= 0.6 is 11.3 Å². The largest absolute Gasteiger partial charge is 0.379 e. The van der Waals surface area contributed by atoms with Crippen LogP contribution in [0.4, 0.5) is 0 Å². The van der Waals surface area contributed by atoms with Gasteiger partial charge in [-0.25, -0.2) is 0 Å². The second-order valence-corrected chi connectivity index (χ2v) is 7.40. The van der Waals surface area contributed by atoms with E-state index in [4.69, 9.17) is 10.5 Å². The molecule has 1 saturated heterocycles. The third-order valence-electron chi connectivity index (χ3n) is 4.54.